The second-order valence-corrected chi connectivity index (χ2v) is 8.44. The van der Waals surface area contributed by atoms with Crippen LogP contribution in [0.1, 0.15) is 26.7 Å². The number of methoxy groups -OCH3 is 2. The number of benzene rings is 1. The molecule has 0 amide bonds. The Kier molecular flexibility index (Phi) is 6.54. The second kappa shape index (κ2) is 9.23. The van der Waals surface area contributed by atoms with Crippen LogP contribution in [0.5, 0.6) is 11.5 Å². The van der Waals surface area contributed by atoms with Crippen molar-refractivity contribution in [2.45, 2.75) is 32.3 Å². The predicted molar refractivity (Wildman–Crippen MR) is 122 cm³/mol. The van der Waals surface area contributed by atoms with Crippen molar-refractivity contribution in [2.24, 2.45) is 0 Å². The van der Waals surface area contributed by atoms with Gasteiger partial charge in [-0.15, -0.1) is 0 Å². The van der Waals surface area contributed by atoms with E-state index in [-0.39, 0.29) is 34.7 Å². The summed E-state index contributed by atoms with van der Waals surface area (Å²) in [6.07, 6.45) is 2.99. The molecule has 3 heterocycles. The SMILES string of the molecule is CCOc1cc(OC)c(F)c(-c2nc(N3CCC(C)(OC)CC3)c3cc(Cl)ncc3n2)c1F. The normalized spacial score (nSPS) is 15.7. The number of aromatic nitrogens is 3. The number of hydrogen-bond acceptors (Lipinski definition) is 7. The minimum absolute atomic E-state index is 0.128. The van der Waals surface area contributed by atoms with Crippen LogP contribution in [-0.2, 0) is 4.74 Å². The fourth-order valence-electron chi connectivity index (χ4n) is 3.93. The third-order valence-corrected chi connectivity index (χ3v) is 6.23. The number of ether oxygens (including phenoxy) is 3. The van der Waals surface area contributed by atoms with Gasteiger partial charge in [-0.25, -0.2) is 23.7 Å². The first-order chi connectivity index (χ1) is 15.8. The maximum Gasteiger partial charge on any atom is 0.179 e. The average molecular weight is 479 g/mol. The van der Waals surface area contributed by atoms with Crippen LogP contribution in [0.2, 0.25) is 5.15 Å². The minimum atomic E-state index is -0.906. The fourth-order valence-corrected chi connectivity index (χ4v) is 4.09. The van der Waals surface area contributed by atoms with E-state index in [2.05, 4.69) is 21.9 Å². The molecule has 0 aliphatic carbocycles. The molecule has 0 bridgehead atoms. The molecule has 1 aromatic carbocycles. The van der Waals surface area contributed by atoms with Crippen molar-refractivity contribution in [3.8, 4) is 22.9 Å². The van der Waals surface area contributed by atoms with Crippen LogP contribution < -0.4 is 14.4 Å². The van der Waals surface area contributed by atoms with Gasteiger partial charge in [-0.1, -0.05) is 11.6 Å². The Labute approximate surface area is 195 Å². The van der Waals surface area contributed by atoms with E-state index < -0.39 is 17.2 Å². The first-order valence-corrected chi connectivity index (χ1v) is 11.0. The van der Waals surface area contributed by atoms with Gasteiger partial charge < -0.3 is 19.1 Å². The number of rotatable bonds is 6. The average Bonchev–Trinajstić information content (AvgIpc) is 2.81. The summed E-state index contributed by atoms with van der Waals surface area (Å²) in [7, 11) is 3.00. The van der Waals surface area contributed by atoms with Gasteiger partial charge in [0.25, 0.3) is 0 Å². The largest absolute Gasteiger partial charge is 0.494 e. The van der Waals surface area contributed by atoms with Gasteiger partial charge in [0, 0.05) is 31.7 Å². The summed E-state index contributed by atoms with van der Waals surface area (Å²) < 4.78 is 46.7. The zero-order chi connectivity index (χ0) is 23.8. The number of pyridine rings is 1. The maximum atomic E-state index is 15.3. The van der Waals surface area contributed by atoms with Crippen molar-refractivity contribution in [3.05, 3.63) is 35.1 Å². The lowest BCUT2D eigenvalue weighted by atomic mass is 9.93. The van der Waals surface area contributed by atoms with Crippen molar-refractivity contribution < 1.29 is 23.0 Å². The van der Waals surface area contributed by atoms with Crippen LogP contribution >= 0.6 is 11.6 Å². The zero-order valence-corrected chi connectivity index (χ0v) is 19.7. The molecule has 2 aromatic heterocycles. The van der Waals surface area contributed by atoms with Gasteiger partial charge in [-0.2, -0.15) is 0 Å². The molecule has 7 nitrogen and oxygen atoms in total. The number of halogens is 3. The molecule has 0 spiro atoms. The van der Waals surface area contributed by atoms with Gasteiger partial charge in [0.15, 0.2) is 29.0 Å². The molecule has 0 unspecified atom stereocenters. The minimum Gasteiger partial charge on any atom is -0.494 e. The standard InChI is InChI=1S/C23H25ClF2N4O3/c1-5-33-16-11-15(31-3)19(25)18(20(16)26)21-28-14-12-27-17(24)10-13(14)22(29-21)30-8-6-23(2,32-4)7-9-30/h10-12H,5-9H2,1-4H3. The summed E-state index contributed by atoms with van der Waals surface area (Å²) in [5, 5.41) is 0.921. The van der Waals surface area contributed by atoms with Gasteiger partial charge in [-0.05, 0) is 32.8 Å². The predicted octanol–water partition coefficient (Wildman–Crippen LogP) is 5.04. The zero-order valence-electron chi connectivity index (χ0n) is 18.9. The molecule has 3 aromatic rings. The monoisotopic (exact) mass is 478 g/mol. The molecular formula is C23H25ClF2N4O3. The molecule has 0 N–H and O–H groups in total. The molecular weight excluding hydrogens is 454 g/mol. The van der Waals surface area contributed by atoms with Crippen molar-refractivity contribution >= 4 is 28.3 Å². The molecule has 0 radical (unpaired) electrons. The topological polar surface area (TPSA) is 69.6 Å². The van der Waals surface area contributed by atoms with Crippen molar-refractivity contribution in [1.29, 1.82) is 0 Å². The highest BCUT2D eigenvalue weighted by Gasteiger charge is 2.32. The van der Waals surface area contributed by atoms with Gasteiger partial charge in [0.2, 0.25) is 0 Å². The van der Waals surface area contributed by atoms with Crippen LogP contribution in [0.3, 0.4) is 0 Å². The summed E-state index contributed by atoms with van der Waals surface area (Å²) in [4.78, 5) is 15.2. The summed E-state index contributed by atoms with van der Waals surface area (Å²) in [6, 6.07) is 2.83. The fraction of sp³-hybridized carbons (Fsp3) is 0.435. The third kappa shape index (κ3) is 4.39. The van der Waals surface area contributed by atoms with Gasteiger partial charge in [0.1, 0.15) is 11.0 Å². The Morgan fingerprint density at radius 3 is 2.42 bits per heavy atom. The lowest BCUT2D eigenvalue weighted by molar-refractivity contribution is -0.0133. The number of piperidine rings is 1. The van der Waals surface area contributed by atoms with Gasteiger partial charge in [-0.3, -0.25) is 0 Å². The highest BCUT2D eigenvalue weighted by atomic mass is 35.5. The van der Waals surface area contributed by atoms with Crippen LogP contribution in [0.15, 0.2) is 18.3 Å². The van der Waals surface area contributed by atoms with E-state index in [9.17, 15) is 0 Å². The van der Waals surface area contributed by atoms with E-state index in [0.29, 0.717) is 29.8 Å². The van der Waals surface area contributed by atoms with E-state index in [1.54, 1.807) is 20.1 Å². The Morgan fingerprint density at radius 1 is 1.09 bits per heavy atom. The first kappa shape index (κ1) is 23.4. The summed E-state index contributed by atoms with van der Waals surface area (Å²) in [6.45, 7) is 5.25. The van der Waals surface area contributed by atoms with E-state index >= 15 is 8.78 Å². The van der Waals surface area contributed by atoms with Crippen LogP contribution in [0, 0.1) is 11.6 Å². The second-order valence-electron chi connectivity index (χ2n) is 8.05. The van der Waals surface area contributed by atoms with E-state index in [0.717, 1.165) is 12.8 Å². The van der Waals surface area contributed by atoms with Gasteiger partial charge in [0.05, 0.1) is 36.6 Å². The summed E-state index contributed by atoms with van der Waals surface area (Å²) in [5.41, 5.74) is -0.243. The first-order valence-electron chi connectivity index (χ1n) is 10.6. The smallest absolute Gasteiger partial charge is 0.179 e. The highest BCUT2D eigenvalue weighted by molar-refractivity contribution is 6.30. The van der Waals surface area contributed by atoms with Crippen LogP contribution in [0.4, 0.5) is 14.6 Å². The Morgan fingerprint density at radius 2 is 1.79 bits per heavy atom. The lowest BCUT2D eigenvalue weighted by Gasteiger charge is -2.39. The molecule has 33 heavy (non-hydrogen) atoms. The van der Waals surface area contributed by atoms with Crippen molar-refractivity contribution in [3.63, 3.8) is 0 Å². The molecule has 1 saturated heterocycles. The highest BCUT2D eigenvalue weighted by Crippen LogP contribution is 2.39. The molecule has 1 aliphatic heterocycles. The Bertz CT molecular complexity index is 1190. The summed E-state index contributed by atoms with van der Waals surface area (Å²) >= 11 is 6.14. The molecule has 1 aliphatic rings. The third-order valence-electron chi connectivity index (χ3n) is 6.02. The van der Waals surface area contributed by atoms with E-state index in [1.165, 1.54) is 19.4 Å². The van der Waals surface area contributed by atoms with E-state index in [1.807, 2.05) is 4.90 Å². The maximum absolute atomic E-state index is 15.3. The molecule has 10 heteroatoms. The molecule has 4 rings (SSSR count). The Balaban J connectivity index is 1.91. The molecule has 176 valence electrons. The van der Waals surface area contributed by atoms with Crippen LogP contribution in [0.25, 0.3) is 22.3 Å². The molecule has 1 fully saturated rings. The quantitative estimate of drug-likeness (QED) is 0.460. The van der Waals surface area contributed by atoms with Crippen molar-refractivity contribution in [2.75, 3.05) is 38.8 Å². The summed E-state index contributed by atoms with van der Waals surface area (Å²) in [5.74, 6) is -1.71. The molecule has 0 saturated carbocycles. The van der Waals surface area contributed by atoms with Gasteiger partial charge >= 0.3 is 0 Å². The number of anilines is 1. The number of nitrogens with zero attached hydrogens (tertiary/aromatic N) is 4. The van der Waals surface area contributed by atoms with Crippen molar-refractivity contribution in [1.82, 2.24) is 15.0 Å². The number of hydrogen-bond donors (Lipinski definition) is 0. The van der Waals surface area contributed by atoms with E-state index in [4.69, 9.17) is 25.8 Å². The number of fused-ring (bicyclic) bond motifs is 1. The van der Waals surface area contributed by atoms with Crippen LogP contribution in [-0.4, -0.2) is 54.5 Å². The Hall–Kier alpha value is -2.78. The molecule has 0 atom stereocenters. The lowest BCUT2D eigenvalue weighted by Crippen LogP contribution is -2.44.